The Labute approximate surface area is 232 Å². The molecular formula is C28H35N9O3. The molecule has 3 N–H and O–H groups in total. The number of piperazine rings is 1. The van der Waals surface area contributed by atoms with Gasteiger partial charge < -0.3 is 25.2 Å². The zero-order valence-corrected chi connectivity index (χ0v) is 22.9. The molecule has 6 rings (SSSR count). The zero-order chi connectivity index (χ0) is 27.6. The molecule has 1 aliphatic carbocycles. The molecule has 40 heavy (non-hydrogen) atoms. The summed E-state index contributed by atoms with van der Waals surface area (Å²) in [4.78, 5) is 26.5. The summed E-state index contributed by atoms with van der Waals surface area (Å²) in [7, 11) is 2.19. The van der Waals surface area contributed by atoms with Crippen LogP contribution in [0.15, 0.2) is 41.2 Å². The number of anilines is 2. The Kier molecular flexibility index (Phi) is 7.35. The van der Waals surface area contributed by atoms with Gasteiger partial charge in [0.2, 0.25) is 0 Å². The average molecular weight is 546 g/mol. The highest BCUT2D eigenvalue weighted by Crippen LogP contribution is 2.35. The number of carbonyl (C=O) groups excluding carboxylic acids is 1. The lowest BCUT2D eigenvalue weighted by atomic mass is 9.90. The first-order chi connectivity index (χ1) is 19.5. The Morgan fingerprint density at radius 3 is 2.60 bits per heavy atom. The fraction of sp³-hybridized carbons (Fsp3) is 0.464. The number of rotatable bonds is 7. The van der Waals surface area contributed by atoms with Gasteiger partial charge in [0, 0.05) is 38.3 Å². The second-order valence-corrected chi connectivity index (χ2v) is 10.7. The Hall–Kier alpha value is -4.03. The second kappa shape index (κ2) is 11.2. The molecule has 2 aliphatic rings. The molecule has 1 aliphatic heterocycles. The van der Waals surface area contributed by atoms with Crippen molar-refractivity contribution >= 4 is 28.4 Å². The molecular weight excluding hydrogens is 510 g/mol. The molecule has 2 fully saturated rings. The highest BCUT2D eigenvalue weighted by Gasteiger charge is 2.30. The summed E-state index contributed by atoms with van der Waals surface area (Å²) in [6, 6.07) is 9.69. The largest absolute Gasteiger partial charge is 0.485 e. The molecule has 4 heterocycles. The number of amides is 1. The topological polar surface area (TPSA) is 140 Å². The number of hydrogen-bond acceptors (Lipinski definition) is 10. The van der Waals surface area contributed by atoms with Crippen LogP contribution in [0.25, 0.3) is 11.0 Å². The van der Waals surface area contributed by atoms with Crippen LogP contribution in [0.4, 0.5) is 11.5 Å². The predicted octanol–water partition coefficient (Wildman–Crippen LogP) is 3.27. The lowest BCUT2D eigenvalue weighted by Crippen LogP contribution is -2.49. The van der Waals surface area contributed by atoms with E-state index in [1.54, 1.807) is 25.1 Å². The lowest BCUT2D eigenvalue weighted by Gasteiger charge is -2.41. The van der Waals surface area contributed by atoms with E-state index in [1.165, 1.54) is 6.33 Å². The van der Waals surface area contributed by atoms with Gasteiger partial charge in [-0.25, -0.2) is 14.6 Å². The maximum Gasteiger partial charge on any atom is 0.277 e. The third-order valence-corrected chi connectivity index (χ3v) is 8.02. The van der Waals surface area contributed by atoms with E-state index >= 15 is 0 Å². The van der Waals surface area contributed by atoms with Crippen LogP contribution in [0.3, 0.4) is 0 Å². The summed E-state index contributed by atoms with van der Waals surface area (Å²) in [5, 5.41) is 12.3. The molecule has 3 aromatic heterocycles. The Morgan fingerprint density at radius 1 is 1.10 bits per heavy atom. The third-order valence-electron chi connectivity index (χ3n) is 8.02. The quantitative estimate of drug-likeness (QED) is 0.355. The number of nitrogens with zero attached hydrogens (tertiary/aromatic N) is 7. The maximum absolute atomic E-state index is 12.6. The number of nitrogen functional groups attached to an aromatic ring is 1. The van der Waals surface area contributed by atoms with Crippen LogP contribution in [0, 0.1) is 6.92 Å². The predicted molar refractivity (Wildman–Crippen MR) is 150 cm³/mol. The number of para-hydroxylation sites is 2. The summed E-state index contributed by atoms with van der Waals surface area (Å²) in [6.07, 6.45) is 5.84. The van der Waals surface area contributed by atoms with Gasteiger partial charge in [0.1, 0.15) is 36.0 Å². The van der Waals surface area contributed by atoms with Gasteiger partial charge in [-0.05, 0) is 51.8 Å². The highest BCUT2D eigenvalue weighted by atomic mass is 16.5. The molecule has 1 amide bonds. The van der Waals surface area contributed by atoms with Crippen molar-refractivity contribution in [2.75, 3.05) is 44.3 Å². The van der Waals surface area contributed by atoms with Crippen LogP contribution in [0.5, 0.6) is 5.75 Å². The number of aryl methyl sites for hydroxylation is 1. The van der Waals surface area contributed by atoms with Crippen molar-refractivity contribution < 1.29 is 14.1 Å². The molecule has 1 saturated heterocycles. The fourth-order valence-electron chi connectivity index (χ4n) is 5.78. The van der Waals surface area contributed by atoms with E-state index in [4.69, 9.17) is 20.1 Å². The van der Waals surface area contributed by atoms with E-state index in [2.05, 4.69) is 37.3 Å². The first-order valence-electron chi connectivity index (χ1n) is 13.8. The van der Waals surface area contributed by atoms with Gasteiger partial charge in [-0.3, -0.25) is 9.69 Å². The first-order valence-corrected chi connectivity index (χ1v) is 13.8. The number of likely N-dealkylation sites (N-methyl/N-ethyl adjacent to an activating group) is 1. The van der Waals surface area contributed by atoms with Crippen LogP contribution < -0.4 is 15.8 Å². The summed E-state index contributed by atoms with van der Waals surface area (Å²) >= 11 is 0. The van der Waals surface area contributed by atoms with Crippen molar-refractivity contribution in [2.45, 2.75) is 51.3 Å². The second-order valence-electron chi connectivity index (χ2n) is 10.7. The molecule has 0 unspecified atom stereocenters. The van der Waals surface area contributed by atoms with E-state index in [0.29, 0.717) is 40.1 Å². The number of nitrogens with one attached hydrogen (secondary N) is 1. The van der Waals surface area contributed by atoms with Crippen molar-refractivity contribution in [1.82, 2.24) is 34.7 Å². The number of hydrogen-bond donors (Lipinski definition) is 2. The number of ether oxygens (including phenoxy) is 1. The highest BCUT2D eigenvalue weighted by molar-refractivity contribution is 6.03. The van der Waals surface area contributed by atoms with E-state index in [9.17, 15) is 4.79 Å². The van der Waals surface area contributed by atoms with Crippen LogP contribution in [-0.2, 0) is 6.61 Å². The number of aromatic nitrogens is 5. The smallest absolute Gasteiger partial charge is 0.277 e. The molecule has 0 bridgehead atoms. The molecule has 12 heteroatoms. The normalized spacial score (nSPS) is 20.6. The van der Waals surface area contributed by atoms with Crippen molar-refractivity contribution in [1.29, 1.82) is 0 Å². The number of benzene rings is 1. The van der Waals surface area contributed by atoms with E-state index < -0.39 is 0 Å². The SMILES string of the molecule is Cc1cc(C(=O)Nc2ccccc2OCc2nn(C3CCC(N4CCN(C)CC4)CC3)c3ncnc(N)c23)no1. The standard InChI is InChI=1S/C28H35N9O3/c1-18-15-22(34-40-18)28(38)32-21-5-3-4-6-24(21)39-16-23-25-26(29)30-17-31-27(25)37(33-23)20-9-7-19(8-10-20)36-13-11-35(2)12-14-36/h3-6,15,17,19-20H,7-14,16H2,1-2H3,(H,32,38)(H2,29,30,31). The summed E-state index contributed by atoms with van der Waals surface area (Å²) < 4.78 is 13.2. The monoisotopic (exact) mass is 545 g/mol. The third kappa shape index (κ3) is 5.36. The summed E-state index contributed by atoms with van der Waals surface area (Å²) in [5.74, 6) is 1.06. The van der Waals surface area contributed by atoms with Gasteiger partial charge in [0.25, 0.3) is 5.91 Å². The van der Waals surface area contributed by atoms with Gasteiger partial charge in [-0.2, -0.15) is 5.10 Å². The van der Waals surface area contributed by atoms with Crippen molar-refractivity contribution in [2.24, 2.45) is 0 Å². The minimum atomic E-state index is -0.382. The minimum absolute atomic E-state index is 0.146. The molecule has 12 nitrogen and oxygen atoms in total. The number of nitrogens with two attached hydrogens (primary N) is 1. The number of fused-ring (bicyclic) bond motifs is 1. The van der Waals surface area contributed by atoms with Gasteiger partial charge >= 0.3 is 0 Å². The molecule has 0 atom stereocenters. The minimum Gasteiger partial charge on any atom is -0.485 e. The van der Waals surface area contributed by atoms with E-state index in [0.717, 1.165) is 57.5 Å². The van der Waals surface area contributed by atoms with E-state index in [-0.39, 0.29) is 24.2 Å². The Bertz CT molecular complexity index is 1480. The van der Waals surface area contributed by atoms with Crippen LogP contribution >= 0.6 is 0 Å². The lowest BCUT2D eigenvalue weighted by molar-refractivity contribution is 0.0814. The van der Waals surface area contributed by atoms with E-state index in [1.807, 2.05) is 16.8 Å². The number of carbonyl (C=O) groups is 1. The Morgan fingerprint density at radius 2 is 1.85 bits per heavy atom. The fourth-order valence-corrected chi connectivity index (χ4v) is 5.78. The molecule has 1 saturated carbocycles. The average Bonchev–Trinajstić information content (AvgIpc) is 3.58. The Balaban J connectivity index is 1.18. The first kappa shape index (κ1) is 26.2. The van der Waals surface area contributed by atoms with Crippen molar-refractivity contribution in [3.05, 3.63) is 53.8 Å². The van der Waals surface area contributed by atoms with Gasteiger partial charge in [-0.1, -0.05) is 17.3 Å². The van der Waals surface area contributed by atoms with Crippen molar-refractivity contribution in [3.63, 3.8) is 0 Å². The molecule has 0 spiro atoms. The zero-order valence-electron chi connectivity index (χ0n) is 22.9. The van der Waals surface area contributed by atoms with Gasteiger partial charge in [0.05, 0.1) is 17.1 Å². The molecule has 0 radical (unpaired) electrons. The summed E-state index contributed by atoms with van der Waals surface area (Å²) in [6.45, 7) is 6.43. The van der Waals surface area contributed by atoms with Crippen molar-refractivity contribution in [3.8, 4) is 5.75 Å². The molecule has 210 valence electrons. The molecule has 4 aromatic rings. The van der Waals surface area contributed by atoms with Crippen LogP contribution in [0.2, 0.25) is 0 Å². The van der Waals surface area contributed by atoms with Crippen LogP contribution in [0.1, 0.15) is 53.7 Å². The van der Waals surface area contributed by atoms with Crippen LogP contribution in [-0.4, -0.2) is 79.9 Å². The summed E-state index contributed by atoms with van der Waals surface area (Å²) in [5.41, 5.74) is 8.44. The van der Waals surface area contributed by atoms with Gasteiger partial charge in [0.15, 0.2) is 11.3 Å². The maximum atomic E-state index is 12.6. The van der Waals surface area contributed by atoms with Gasteiger partial charge in [-0.15, -0.1) is 0 Å². The molecule has 1 aromatic carbocycles.